The Morgan fingerprint density at radius 3 is 2.37 bits per heavy atom. The summed E-state index contributed by atoms with van der Waals surface area (Å²) in [7, 11) is -2.14. The van der Waals surface area contributed by atoms with Gasteiger partial charge in [0.25, 0.3) is 0 Å². The zero-order valence-corrected chi connectivity index (χ0v) is 14.6. The van der Waals surface area contributed by atoms with Crippen LogP contribution in [-0.2, 0) is 19.7 Å². The van der Waals surface area contributed by atoms with Crippen LogP contribution in [0.4, 0.5) is 0 Å². The number of carbonyl (C=O) groups is 2. The van der Waals surface area contributed by atoms with Crippen LogP contribution in [0.2, 0.25) is 0 Å². The number of nitrogens with two attached hydrogens (primary N) is 1. The maximum absolute atomic E-state index is 10.9. The molecule has 0 rings (SSSR count). The average Bonchev–Trinajstić information content (AvgIpc) is 2.24. The zero-order chi connectivity index (χ0) is 14.2. The Morgan fingerprint density at radius 2 is 1.95 bits per heavy atom. The molecule has 0 aliphatic rings. The number of aliphatic carboxylic acids is 1. The van der Waals surface area contributed by atoms with Gasteiger partial charge in [-0.1, -0.05) is 21.6 Å². The van der Waals surface area contributed by atoms with Crippen molar-refractivity contribution in [3.05, 3.63) is 0 Å². The first kappa shape index (κ1) is 21.8. The minimum atomic E-state index is -4.25. The van der Waals surface area contributed by atoms with Crippen LogP contribution in [0, 0.1) is 0 Å². The maximum Gasteiger partial charge on any atom is 1.00 e. The van der Waals surface area contributed by atoms with Crippen LogP contribution in [0.5, 0.6) is 0 Å². The predicted octanol–water partition coefficient (Wildman–Crippen LogP) is -4.55. The van der Waals surface area contributed by atoms with Gasteiger partial charge in [-0.15, -0.1) is 0 Å². The molecule has 0 radical (unpaired) electrons. The first-order valence-corrected chi connectivity index (χ1v) is 8.73. The maximum atomic E-state index is 10.9. The Kier molecular flexibility index (Phi) is 12.9. The van der Waals surface area contributed by atoms with Crippen LogP contribution in [0.1, 0.15) is 0 Å². The van der Waals surface area contributed by atoms with Crippen molar-refractivity contribution in [2.45, 2.75) is 6.04 Å². The van der Waals surface area contributed by atoms with Crippen molar-refractivity contribution in [2.24, 2.45) is 5.73 Å². The van der Waals surface area contributed by atoms with Crippen molar-refractivity contribution >= 4 is 43.6 Å². The molecule has 0 saturated carbocycles. The average molecular weight is 340 g/mol. The molecule has 0 fully saturated rings. The topological polar surface area (TPSA) is 150 Å². The summed E-state index contributed by atoms with van der Waals surface area (Å²) in [6.07, 6.45) is 0. The van der Waals surface area contributed by atoms with E-state index in [0.29, 0.717) is 0 Å². The Morgan fingerprint density at radius 1 is 1.37 bits per heavy atom. The fourth-order valence-corrected chi connectivity index (χ4v) is 4.07. The molecule has 0 unspecified atom stereocenters. The Hall–Kier alpha value is 0.510. The van der Waals surface area contributed by atoms with E-state index in [1.165, 1.54) is 0 Å². The van der Waals surface area contributed by atoms with E-state index in [1.807, 2.05) is 0 Å². The normalized spacial score (nSPS) is 12.3. The van der Waals surface area contributed by atoms with Gasteiger partial charge in [0.1, 0.15) is 6.04 Å². The van der Waals surface area contributed by atoms with E-state index < -0.39 is 33.8 Å². The van der Waals surface area contributed by atoms with Crippen molar-refractivity contribution in [1.82, 2.24) is 5.32 Å². The second kappa shape index (κ2) is 11.2. The molecule has 19 heavy (non-hydrogen) atoms. The monoisotopic (exact) mass is 340 g/mol. The van der Waals surface area contributed by atoms with E-state index in [2.05, 4.69) is 5.32 Å². The van der Waals surface area contributed by atoms with Crippen molar-refractivity contribution < 1.29 is 57.2 Å². The third kappa shape index (κ3) is 13.3. The number of hydrogen-bond acceptors (Lipinski definition) is 8. The van der Waals surface area contributed by atoms with E-state index in [0.717, 1.165) is 21.6 Å². The molecule has 8 nitrogen and oxygen atoms in total. The first-order chi connectivity index (χ1) is 8.26. The summed E-state index contributed by atoms with van der Waals surface area (Å²) in [6, 6.07) is -1.09. The van der Waals surface area contributed by atoms with Crippen LogP contribution in [-0.4, -0.2) is 59.8 Å². The van der Waals surface area contributed by atoms with Crippen LogP contribution in [0.25, 0.3) is 0 Å². The summed E-state index contributed by atoms with van der Waals surface area (Å²) in [4.78, 5) is 21.7. The van der Waals surface area contributed by atoms with Gasteiger partial charge in [0.05, 0.1) is 16.7 Å². The van der Waals surface area contributed by atoms with Crippen LogP contribution in [0.15, 0.2) is 0 Å². The fourth-order valence-electron chi connectivity index (χ4n) is 0.739. The minimum Gasteiger partial charge on any atom is -0.748 e. The number of amides is 1. The number of carboxylic acids is 1. The SMILES string of the molecule is NCC(=O)N[C@@H](CSSCCS(=O)(=O)[O-])C(=O)O.[Na+]. The Balaban J connectivity index is 0. The molecule has 0 aliphatic carbocycles. The van der Waals surface area contributed by atoms with E-state index in [1.54, 1.807) is 0 Å². The summed E-state index contributed by atoms with van der Waals surface area (Å²) in [5.74, 6) is -2.20. The molecule has 0 heterocycles. The zero-order valence-electron chi connectivity index (χ0n) is 10.2. The molecule has 0 spiro atoms. The number of rotatable bonds is 9. The quantitative estimate of drug-likeness (QED) is 0.163. The van der Waals surface area contributed by atoms with Crippen molar-refractivity contribution in [1.29, 1.82) is 0 Å². The smallest absolute Gasteiger partial charge is 0.748 e. The van der Waals surface area contributed by atoms with E-state index in [-0.39, 0.29) is 47.6 Å². The summed E-state index contributed by atoms with van der Waals surface area (Å²) < 4.78 is 30.8. The van der Waals surface area contributed by atoms with Gasteiger partial charge in [0, 0.05) is 17.3 Å². The van der Waals surface area contributed by atoms with Gasteiger partial charge in [-0.2, -0.15) is 0 Å². The van der Waals surface area contributed by atoms with Gasteiger partial charge in [-0.3, -0.25) is 4.79 Å². The number of hydrogen-bond donors (Lipinski definition) is 3. The minimum absolute atomic E-state index is 0. The third-order valence-corrected chi connectivity index (χ3v) is 4.93. The molecule has 0 aromatic heterocycles. The molecule has 1 atom stereocenters. The van der Waals surface area contributed by atoms with Crippen molar-refractivity contribution in [3.63, 3.8) is 0 Å². The molecule has 0 aromatic rings. The molecular formula is C7H13N2NaO6S3. The van der Waals surface area contributed by atoms with Crippen molar-refractivity contribution in [3.8, 4) is 0 Å². The standard InChI is InChI=1S/C7H14N2O6S3.Na/c8-3-6(10)9-5(7(11)12)4-17-16-1-2-18(13,14)15;/h5H,1-4,8H2,(H,9,10)(H,11,12)(H,13,14,15);/q;+1/p-1/t5-;/m0./s1. The molecule has 0 aliphatic heterocycles. The van der Waals surface area contributed by atoms with Gasteiger partial charge in [0.2, 0.25) is 5.91 Å². The van der Waals surface area contributed by atoms with Gasteiger partial charge in [-0.25, -0.2) is 13.2 Å². The Labute approximate surface area is 141 Å². The summed E-state index contributed by atoms with van der Waals surface area (Å²) in [6.45, 7) is -0.310. The molecule has 1 amide bonds. The van der Waals surface area contributed by atoms with Gasteiger partial charge >= 0.3 is 35.5 Å². The molecule has 0 saturated heterocycles. The summed E-state index contributed by atoms with van der Waals surface area (Å²) in [5.41, 5.74) is 5.03. The van der Waals surface area contributed by atoms with Crippen LogP contribution < -0.4 is 40.6 Å². The number of nitrogens with one attached hydrogen (secondary N) is 1. The fraction of sp³-hybridized carbons (Fsp3) is 0.714. The van der Waals surface area contributed by atoms with Crippen LogP contribution in [0.3, 0.4) is 0 Å². The molecule has 0 aromatic carbocycles. The van der Waals surface area contributed by atoms with E-state index in [4.69, 9.17) is 10.8 Å². The summed E-state index contributed by atoms with van der Waals surface area (Å²) >= 11 is 0. The second-order valence-corrected chi connectivity index (χ2v) is 7.18. The number of carboxylic acid groups (broad SMARTS) is 1. The Bertz CT molecular complexity index is 390. The van der Waals surface area contributed by atoms with E-state index >= 15 is 0 Å². The third-order valence-electron chi connectivity index (χ3n) is 1.55. The predicted molar refractivity (Wildman–Crippen MR) is 68.1 cm³/mol. The van der Waals surface area contributed by atoms with Gasteiger partial charge < -0.3 is 20.7 Å². The molecule has 0 bridgehead atoms. The molecule has 12 heteroatoms. The summed E-state index contributed by atoms with van der Waals surface area (Å²) in [5, 5.41) is 11.0. The molecular weight excluding hydrogens is 327 g/mol. The first-order valence-electron chi connectivity index (χ1n) is 4.66. The van der Waals surface area contributed by atoms with E-state index in [9.17, 15) is 22.6 Å². The van der Waals surface area contributed by atoms with Gasteiger partial charge in [-0.05, 0) is 0 Å². The van der Waals surface area contributed by atoms with Crippen LogP contribution >= 0.6 is 21.6 Å². The number of carbonyl (C=O) groups excluding carboxylic acids is 1. The molecule has 106 valence electrons. The van der Waals surface area contributed by atoms with Crippen molar-refractivity contribution in [2.75, 3.05) is 23.8 Å². The van der Waals surface area contributed by atoms with Gasteiger partial charge in [0.15, 0.2) is 0 Å². The second-order valence-electron chi connectivity index (χ2n) is 3.03. The largest absolute Gasteiger partial charge is 1.00 e. The molecule has 4 N–H and O–H groups in total.